The Hall–Kier alpha value is -4.21. The van der Waals surface area contributed by atoms with Crippen molar-refractivity contribution >= 4 is 34.7 Å². The Labute approximate surface area is 170 Å². The third-order valence-electron chi connectivity index (χ3n) is 4.10. The zero-order valence-corrected chi connectivity index (χ0v) is 15.8. The van der Waals surface area contributed by atoms with E-state index in [1.54, 1.807) is 30.3 Å². The van der Waals surface area contributed by atoms with Gasteiger partial charge >= 0.3 is 5.97 Å². The van der Waals surface area contributed by atoms with E-state index in [1.165, 1.54) is 31.2 Å². The highest BCUT2D eigenvalue weighted by Crippen LogP contribution is 2.24. The predicted molar refractivity (Wildman–Crippen MR) is 105 cm³/mol. The number of benzene rings is 2. The molecule has 1 aliphatic rings. The third-order valence-corrected chi connectivity index (χ3v) is 4.10. The summed E-state index contributed by atoms with van der Waals surface area (Å²) in [6, 6.07) is 14.3. The number of rotatable bonds is 7. The Kier molecular flexibility index (Phi) is 6.06. The first-order chi connectivity index (χ1) is 14.4. The standard InChI is InChI=1S/C20H17N3O7/c1-12(18(25)22-14-9-5-6-10-15(14)23(27)28)30-20(26)17-16(24)11-29-19(17)21-13-7-3-2-4-8-13/h2-10,12,21H,11H2,1H3,(H,22,25)/t12-/m0/s1. The molecule has 10 nitrogen and oxygen atoms in total. The van der Waals surface area contributed by atoms with Gasteiger partial charge in [0, 0.05) is 11.8 Å². The molecule has 0 aromatic heterocycles. The normalized spacial score (nSPS) is 14.0. The van der Waals surface area contributed by atoms with Gasteiger partial charge in [-0.25, -0.2) is 4.79 Å². The summed E-state index contributed by atoms with van der Waals surface area (Å²) >= 11 is 0. The number of ether oxygens (including phenoxy) is 2. The number of carbonyl (C=O) groups is 3. The fourth-order valence-corrected chi connectivity index (χ4v) is 2.61. The highest BCUT2D eigenvalue weighted by molar-refractivity contribution is 6.20. The van der Waals surface area contributed by atoms with E-state index in [-0.39, 0.29) is 29.4 Å². The van der Waals surface area contributed by atoms with E-state index in [0.717, 1.165) is 0 Å². The molecule has 0 saturated heterocycles. The molecule has 1 heterocycles. The molecule has 1 aliphatic heterocycles. The Bertz CT molecular complexity index is 1030. The molecule has 0 fully saturated rings. The van der Waals surface area contributed by atoms with Crippen molar-refractivity contribution in [2.75, 3.05) is 17.2 Å². The second-order valence-corrected chi connectivity index (χ2v) is 6.22. The summed E-state index contributed by atoms with van der Waals surface area (Å²) < 4.78 is 10.3. The number of para-hydroxylation sites is 3. The zero-order chi connectivity index (χ0) is 21.7. The van der Waals surface area contributed by atoms with Gasteiger partial charge < -0.3 is 20.1 Å². The van der Waals surface area contributed by atoms with Crippen molar-refractivity contribution < 1.29 is 28.8 Å². The van der Waals surface area contributed by atoms with E-state index in [9.17, 15) is 24.5 Å². The number of nitro groups is 1. The number of hydrogen-bond donors (Lipinski definition) is 2. The molecule has 1 atom stereocenters. The maximum Gasteiger partial charge on any atom is 0.348 e. The van der Waals surface area contributed by atoms with Gasteiger partial charge in [0.1, 0.15) is 5.69 Å². The number of nitro benzene ring substituents is 1. The molecule has 2 aromatic carbocycles. The van der Waals surface area contributed by atoms with E-state index >= 15 is 0 Å². The summed E-state index contributed by atoms with van der Waals surface area (Å²) in [6.45, 7) is 0.948. The average Bonchev–Trinajstić information content (AvgIpc) is 3.09. The number of anilines is 2. The van der Waals surface area contributed by atoms with E-state index in [0.29, 0.717) is 5.69 Å². The third kappa shape index (κ3) is 4.61. The molecule has 154 valence electrons. The van der Waals surface area contributed by atoms with Gasteiger partial charge in [0.15, 0.2) is 18.3 Å². The second kappa shape index (κ2) is 8.86. The molecule has 0 bridgehead atoms. The second-order valence-electron chi connectivity index (χ2n) is 6.22. The van der Waals surface area contributed by atoms with Crippen LogP contribution in [0.3, 0.4) is 0 Å². The molecule has 0 aliphatic carbocycles. The number of Topliss-reactive ketones (excluding diaryl/α,β-unsaturated/α-hetero) is 1. The smallest absolute Gasteiger partial charge is 0.348 e. The highest BCUT2D eigenvalue weighted by atomic mass is 16.6. The monoisotopic (exact) mass is 411 g/mol. The Morgan fingerprint density at radius 2 is 1.80 bits per heavy atom. The van der Waals surface area contributed by atoms with Crippen molar-refractivity contribution in [3.63, 3.8) is 0 Å². The largest absolute Gasteiger partial charge is 0.470 e. The lowest BCUT2D eigenvalue weighted by Gasteiger charge is -2.14. The van der Waals surface area contributed by atoms with Gasteiger partial charge in [-0.1, -0.05) is 30.3 Å². The predicted octanol–water partition coefficient (Wildman–Crippen LogP) is 2.39. The van der Waals surface area contributed by atoms with E-state index < -0.39 is 28.7 Å². The number of ketones is 1. The Morgan fingerprint density at radius 1 is 1.13 bits per heavy atom. The van der Waals surface area contributed by atoms with Gasteiger partial charge in [-0.15, -0.1) is 0 Å². The zero-order valence-electron chi connectivity index (χ0n) is 15.8. The molecule has 2 N–H and O–H groups in total. The van der Waals surface area contributed by atoms with Gasteiger partial charge in [0.05, 0.1) is 4.92 Å². The van der Waals surface area contributed by atoms with Crippen LogP contribution in [0.4, 0.5) is 17.1 Å². The summed E-state index contributed by atoms with van der Waals surface area (Å²) in [4.78, 5) is 47.3. The molecular weight excluding hydrogens is 394 g/mol. The lowest BCUT2D eigenvalue weighted by atomic mass is 10.2. The minimum Gasteiger partial charge on any atom is -0.470 e. The first-order valence-corrected chi connectivity index (χ1v) is 8.84. The maximum absolute atomic E-state index is 12.5. The van der Waals surface area contributed by atoms with Crippen molar-refractivity contribution in [3.8, 4) is 0 Å². The van der Waals surface area contributed by atoms with Crippen LogP contribution in [0.25, 0.3) is 0 Å². The van der Waals surface area contributed by atoms with Gasteiger partial charge in [-0.3, -0.25) is 19.7 Å². The molecule has 2 aromatic rings. The number of nitrogens with zero attached hydrogens (tertiary/aromatic N) is 1. The summed E-state index contributed by atoms with van der Waals surface area (Å²) in [5, 5.41) is 16.2. The van der Waals surface area contributed by atoms with Crippen LogP contribution >= 0.6 is 0 Å². The maximum atomic E-state index is 12.5. The summed E-state index contributed by atoms with van der Waals surface area (Å²) in [7, 11) is 0. The summed E-state index contributed by atoms with van der Waals surface area (Å²) in [5.41, 5.74) is -0.0963. The quantitative estimate of drug-likeness (QED) is 0.307. The van der Waals surface area contributed by atoms with Crippen LogP contribution in [-0.2, 0) is 23.9 Å². The Balaban J connectivity index is 1.71. The molecule has 3 rings (SSSR count). The molecule has 10 heteroatoms. The molecular formula is C20H17N3O7. The highest BCUT2D eigenvalue weighted by Gasteiger charge is 2.34. The van der Waals surface area contributed by atoms with Gasteiger partial charge in [0.2, 0.25) is 11.7 Å². The lowest BCUT2D eigenvalue weighted by Crippen LogP contribution is -2.31. The van der Waals surface area contributed by atoms with Crippen molar-refractivity contribution in [2.24, 2.45) is 0 Å². The van der Waals surface area contributed by atoms with Gasteiger partial charge in [0.25, 0.3) is 11.6 Å². The van der Waals surface area contributed by atoms with Crippen LogP contribution in [-0.4, -0.2) is 35.3 Å². The number of esters is 1. The van der Waals surface area contributed by atoms with Crippen LogP contribution in [0.1, 0.15) is 6.92 Å². The van der Waals surface area contributed by atoms with Crippen LogP contribution < -0.4 is 10.6 Å². The van der Waals surface area contributed by atoms with Crippen LogP contribution in [0.5, 0.6) is 0 Å². The number of amides is 1. The van der Waals surface area contributed by atoms with Crippen molar-refractivity contribution in [1.82, 2.24) is 0 Å². The minimum atomic E-state index is -1.32. The van der Waals surface area contributed by atoms with E-state index in [1.807, 2.05) is 0 Å². The van der Waals surface area contributed by atoms with Crippen molar-refractivity contribution in [3.05, 3.63) is 76.2 Å². The van der Waals surface area contributed by atoms with Gasteiger partial charge in [-0.05, 0) is 25.1 Å². The first kappa shape index (κ1) is 20.5. The molecule has 0 saturated carbocycles. The number of nitrogens with one attached hydrogen (secondary N) is 2. The minimum absolute atomic E-state index is 0.0404. The SMILES string of the molecule is C[C@H](OC(=O)C1=C(Nc2ccccc2)OCC1=O)C(=O)Nc1ccccc1[N+](=O)[O-]. The van der Waals surface area contributed by atoms with Crippen LogP contribution in [0.15, 0.2) is 66.1 Å². The summed E-state index contributed by atoms with van der Waals surface area (Å²) in [6.07, 6.45) is -1.32. The molecule has 0 spiro atoms. The first-order valence-electron chi connectivity index (χ1n) is 8.84. The number of hydrogen-bond acceptors (Lipinski definition) is 8. The fourth-order valence-electron chi connectivity index (χ4n) is 2.61. The average molecular weight is 411 g/mol. The van der Waals surface area contributed by atoms with Crippen LogP contribution in [0, 0.1) is 10.1 Å². The van der Waals surface area contributed by atoms with E-state index in [4.69, 9.17) is 9.47 Å². The topological polar surface area (TPSA) is 137 Å². The van der Waals surface area contributed by atoms with Gasteiger partial charge in [-0.2, -0.15) is 0 Å². The fraction of sp³-hybridized carbons (Fsp3) is 0.150. The number of carbonyl (C=O) groups excluding carboxylic acids is 3. The van der Waals surface area contributed by atoms with Crippen LogP contribution in [0.2, 0.25) is 0 Å². The van der Waals surface area contributed by atoms with E-state index in [2.05, 4.69) is 10.6 Å². The molecule has 0 radical (unpaired) electrons. The Morgan fingerprint density at radius 3 is 2.50 bits per heavy atom. The molecule has 30 heavy (non-hydrogen) atoms. The molecule has 0 unspecified atom stereocenters. The van der Waals surface area contributed by atoms with Crippen molar-refractivity contribution in [2.45, 2.75) is 13.0 Å². The summed E-state index contributed by atoms with van der Waals surface area (Å²) in [5.74, 6) is -2.49. The lowest BCUT2D eigenvalue weighted by molar-refractivity contribution is -0.383. The van der Waals surface area contributed by atoms with Crippen molar-refractivity contribution in [1.29, 1.82) is 0 Å². The molecule has 1 amide bonds.